The Kier molecular flexibility index (Phi) is 8.11. The molecule has 6 heteroatoms. The summed E-state index contributed by atoms with van der Waals surface area (Å²) in [6, 6.07) is 0.948. The SMILES string of the molecule is CC(C)C1CCC(CNC(C(=O)[O-])c2ccnn2C)CC1.[Na+]. The molecule has 1 aromatic rings. The van der Waals surface area contributed by atoms with Gasteiger partial charge in [0.1, 0.15) is 0 Å². The first-order chi connectivity index (χ1) is 9.99. The molecule has 1 unspecified atom stereocenters. The van der Waals surface area contributed by atoms with Crippen LogP contribution in [0.25, 0.3) is 0 Å². The van der Waals surface area contributed by atoms with Gasteiger partial charge in [-0.15, -0.1) is 0 Å². The van der Waals surface area contributed by atoms with E-state index in [9.17, 15) is 9.90 Å². The minimum absolute atomic E-state index is 0. The molecule has 0 aromatic carbocycles. The van der Waals surface area contributed by atoms with Gasteiger partial charge in [-0.1, -0.05) is 13.8 Å². The number of aliphatic carboxylic acids is 1. The molecule has 1 fully saturated rings. The molecule has 1 aliphatic rings. The summed E-state index contributed by atoms with van der Waals surface area (Å²) in [5.74, 6) is 1.06. The Bertz CT molecular complexity index is 468. The molecule has 1 aliphatic carbocycles. The van der Waals surface area contributed by atoms with E-state index in [2.05, 4.69) is 24.3 Å². The van der Waals surface area contributed by atoms with Crippen LogP contribution in [0.5, 0.6) is 0 Å². The summed E-state index contributed by atoms with van der Waals surface area (Å²) < 4.78 is 1.59. The molecule has 0 saturated heterocycles. The summed E-state index contributed by atoms with van der Waals surface area (Å²) in [5.41, 5.74) is 0.644. The van der Waals surface area contributed by atoms with Crippen molar-refractivity contribution in [1.82, 2.24) is 15.1 Å². The van der Waals surface area contributed by atoms with Gasteiger partial charge >= 0.3 is 29.6 Å². The Hall–Kier alpha value is -0.360. The van der Waals surface area contributed by atoms with Gasteiger partial charge in [-0.2, -0.15) is 5.10 Å². The van der Waals surface area contributed by atoms with Crippen LogP contribution in [0.2, 0.25) is 0 Å². The quantitative estimate of drug-likeness (QED) is 0.633. The van der Waals surface area contributed by atoms with Crippen LogP contribution in [0.3, 0.4) is 0 Å². The summed E-state index contributed by atoms with van der Waals surface area (Å²) in [5, 5.41) is 18.5. The maximum Gasteiger partial charge on any atom is 1.00 e. The normalized spacial score (nSPS) is 23.1. The predicted molar refractivity (Wildman–Crippen MR) is 79.2 cm³/mol. The second-order valence-electron chi connectivity index (χ2n) is 6.56. The van der Waals surface area contributed by atoms with Gasteiger partial charge in [0.05, 0.1) is 17.7 Å². The van der Waals surface area contributed by atoms with E-state index in [1.54, 1.807) is 24.0 Å². The molecule has 1 atom stereocenters. The van der Waals surface area contributed by atoms with Gasteiger partial charge in [0.2, 0.25) is 0 Å². The van der Waals surface area contributed by atoms with Crippen molar-refractivity contribution in [3.05, 3.63) is 18.0 Å². The predicted octanol–water partition coefficient (Wildman–Crippen LogP) is -1.73. The summed E-state index contributed by atoms with van der Waals surface area (Å²) in [6.07, 6.45) is 6.49. The van der Waals surface area contributed by atoms with Gasteiger partial charge in [0, 0.05) is 13.2 Å². The molecule has 1 saturated carbocycles. The van der Waals surface area contributed by atoms with Gasteiger partial charge in [-0.05, 0) is 56.0 Å². The number of hydrogen-bond donors (Lipinski definition) is 1. The van der Waals surface area contributed by atoms with Gasteiger partial charge in [-0.25, -0.2) is 0 Å². The maximum absolute atomic E-state index is 11.3. The summed E-state index contributed by atoms with van der Waals surface area (Å²) in [6.45, 7) is 5.31. The average Bonchev–Trinajstić information content (AvgIpc) is 2.85. The topological polar surface area (TPSA) is 70.0 Å². The second-order valence-corrected chi connectivity index (χ2v) is 6.56. The minimum Gasteiger partial charge on any atom is -0.548 e. The maximum atomic E-state index is 11.3. The fourth-order valence-electron chi connectivity index (χ4n) is 3.32. The number of carboxylic acids is 1. The zero-order valence-electron chi connectivity index (χ0n) is 14.2. The van der Waals surface area contributed by atoms with Gasteiger partial charge in [0.15, 0.2) is 0 Å². The fourth-order valence-corrected chi connectivity index (χ4v) is 3.32. The minimum atomic E-state index is -1.09. The van der Waals surface area contributed by atoms with Crippen LogP contribution in [0, 0.1) is 17.8 Å². The Morgan fingerprint density at radius 2 is 2.05 bits per heavy atom. The molecule has 22 heavy (non-hydrogen) atoms. The largest absolute Gasteiger partial charge is 1.00 e. The number of carboxylic acid groups (broad SMARTS) is 1. The number of nitrogens with one attached hydrogen (secondary N) is 1. The average molecular weight is 315 g/mol. The second kappa shape index (κ2) is 9.06. The molecule has 5 nitrogen and oxygen atoms in total. The number of rotatable bonds is 6. The summed E-state index contributed by atoms with van der Waals surface area (Å²) in [7, 11) is 1.75. The zero-order chi connectivity index (χ0) is 15.4. The van der Waals surface area contributed by atoms with E-state index in [4.69, 9.17) is 0 Å². The molecule has 0 radical (unpaired) electrons. The summed E-state index contributed by atoms with van der Waals surface area (Å²) in [4.78, 5) is 11.3. The van der Waals surface area contributed by atoms with Crippen molar-refractivity contribution in [2.45, 2.75) is 45.6 Å². The van der Waals surface area contributed by atoms with Crippen molar-refractivity contribution in [2.24, 2.45) is 24.8 Å². The van der Waals surface area contributed by atoms with Crippen LogP contribution in [0.15, 0.2) is 12.3 Å². The van der Waals surface area contributed by atoms with Crippen LogP contribution >= 0.6 is 0 Å². The smallest absolute Gasteiger partial charge is 0.548 e. The van der Waals surface area contributed by atoms with Crippen molar-refractivity contribution in [3.8, 4) is 0 Å². The van der Waals surface area contributed by atoms with Crippen molar-refractivity contribution in [2.75, 3.05) is 6.54 Å². The van der Waals surface area contributed by atoms with Gasteiger partial charge in [-0.3, -0.25) is 4.68 Å². The van der Waals surface area contributed by atoms with Gasteiger partial charge in [0.25, 0.3) is 0 Å². The molecule has 118 valence electrons. The number of carbonyl (C=O) groups excluding carboxylic acids is 1. The third-order valence-corrected chi connectivity index (χ3v) is 4.84. The first kappa shape index (κ1) is 19.7. The third-order valence-electron chi connectivity index (χ3n) is 4.84. The van der Waals surface area contributed by atoms with E-state index >= 15 is 0 Å². The first-order valence-electron chi connectivity index (χ1n) is 7.91. The summed E-state index contributed by atoms with van der Waals surface area (Å²) >= 11 is 0. The van der Waals surface area contributed by atoms with Crippen molar-refractivity contribution in [1.29, 1.82) is 0 Å². The Balaban J connectivity index is 0.00000242. The molecule has 0 spiro atoms. The molecular weight excluding hydrogens is 289 g/mol. The Labute approximate surface area is 155 Å². The van der Waals surface area contributed by atoms with E-state index in [1.807, 2.05) is 0 Å². The molecule has 2 rings (SSSR count). The van der Waals surface area contributed by atoms with Crippen LogP contribution < -0.4 is 40.0 Å². The van der Waals surface area contributed by atoms with Crippen molar-refractivity contribution in [3.63, 3.8) is 0 Å². The van der Waals surface area contributed by atoms with Crippen LogP contribution in [-0.2, 0) is 11.8 Å². The van der Waals surface area contributed by atoms with Crippen molar-refractivity contribution >= 4 is 5.97 Å². The number of carbonyl (C=O) groups is 1. The molecule has 0 amide bonds. The fraction of sp³-hybridized carbons (Fsp3) is 0.750. The van der Waals surface area contributed by atoms with Gasteiger partial charge < -0.3 is 15.2 Å². The van der Waals surface area contributed by atoms with Crippen LogP contribution in [-0.4, -0.2) is 22.3 Å². The first-order valence-corrected chi connectivity index (χ1v) is 7.91. The van der Waals surface area contributed by atoms with E-state index < -0.39 is 12.0 Å². The molecule has 1 heterocycles. The molecule has 1 N–H and O–H groups in total. The molecule has 0 aliphatic heterocycles. The molecule has 0 bridgehead atoms. The monoisotopic (exact) mass is 315 g/mol. The Morgan fingerprint density at radius 3 is 2.50 bits per heavy atom. The van der Waals surface area contributed by atoms with E-state index in [-0.39, 0.29) is 29.6 Å². The van der Waals surface area contributed by atoms with E-state index in [1.165, 1.54) is 25.7 Å². The number of aryl methyl sites for hydroxylation is 1. The number of nitrogens with zero attached hydrogens (tertiary/aromatic N) is 2. The zero-order valence-corrected chi connectivity index (χ0v) is 16.2. The standard InChI is InChI=1S/C16H27N3O2.Na/c1-11(2)13-6-4-12(5-7-13)10-17-15(16(20)21)14-8-9-18-19(14)3;/h8-9,11-13,15,17H,4-7,10H2,1-3H3,(H,20,21);/q;+1/p-1. The van der Waals surface area contributed by atoms with Crippen molar-refractivity contribution < 1.29 is 39.5 Å². The number of aromatic nitrogens is 2. The Morgan fingerprint density at radius 1 is 1.41 bits per heavy atom. The van der Waals surface area contributed by atoms with Crippen LogP contribution in [0.1, 0.15) is 51.3 Å². The number of hydrogen-bond acceptors (Lipinski definition) is 4. The van der Waals surface area contributed by atoms with E-state index in [0.29, 0.717) is 11.6 Å². The molecular formula is C16H26N3NaO2. The third kappa shape index (κ3) is 5.08. The van der Waals surface area contributed by atoms with Crippen LogP contribution in [0.4, 0.5) is 0 Å². The van der Waals surface area contributed by atoms with E-state index in [0.717, 1.165) is 18.4 Å². The molecule has 1 aromatic heterocycles.